The van der Waals surface area contributed by atoms with Gasteiger partial charge in [-0.25, -0.2) is 4.39 Å². The fraction of sp³-hybridized carbons (Fsp3) is 0.417. The van der Waals surface area contributed by atoms with E-state index in [4.69, 9.17) is 0 Å². The molecule has 1 amide bonds. The molecule has 0 bridgehead atoms. The van der Waals surface area contributed by atoms with Crippen molar-refractivity contribution in [3.8, 4) is 0 Å². The van der Waals surface area contributed by atoms with Crippen molar-refractivity contribution in [3.05, 3.63) is 34.1 Å². The topological polar surface area (TPSA) is 49.3 Å². The van der Waals surface area contributed by atoms with Gasteiger partial charge in [0.05, 0.1) is 16.1 Å². The number of rotatable bonds is 5. The van der Waals surface area contributed by atoms with E-state index in [1.807, 2.05) is 6.92 Å². The van der Waals surface area contributed by atoms with Gasteiger partial charge in [-0.2, -0.15) is 0 Å². The lowest BCUT2D eigenvalue weighted by Gasteiger charge is -2.09. The van der Waals surface area contributed by atoms with Gasteiger partial charge in [0.2, 0.25) is 0 Å². The summed E-state index contributed by atoms with van der Waals surface area (Å²) in [6.07, 6.45) is 0.682. The van der Waals surface area contributed by atoms with Gasteiger partial charge in [0, 0.05) is 6.54 Å². The Kier molecular flexibility index (Phi) is 5.58. The lowest BCUT2D eigenvalue weighted by atomic mass is 10.2. The molecule has 0 saturated heterocycles. The molecule has 0 fully saturated rings. The van der Waals surface area contributed by atoms with Crippen molar-refractivity contribution in [2.75, 3.05) is 6.54 Å². The van der Waals surface area contributed by atoms with E-state index in [1.54, 1.807) is 6.07 Å². The monoisotopic (exact) mass is 303 g/mol. The molecule has 0 heterocycles. The van der Waals surface area contributed by atoms with Crippen LogP contribution in [0.25, 0.3) is 0 Å². The Morgan fingerprint density at radius 1 is 1.59 bits per heavy atom. The van der Waals surface area contributed by atoms with Crippen LogP contribution in [0.1, 0.15) is 30.1 Å². The Balaban J connectivity index is 2.56. The first-order valence-electron chi connectivity index (χ1n) is 5.46. The van der Waals surface area contributed by atoms with Crippen molar-refractivity contribution in [2.24, 2.45) is 0 Å². The van der Waals surface area contributed by atoms with Crippen molar-refractivity contribution < 1.29 is 14.3 Å². The normalized spacial score (nSPS) is 12.2. The third kappa shape index (κ3) is 4.09. The van der Waals surface area contributed by atoms with Crippen LogP contribution in [0, 0.1) is 5.82 Å². The van der Waals surface area contributed by atoms with E-state index in [0.29, 0.717) is 19.4 Å². The van der Waals surface area contributed by atoms with Crippen LogP contribution in [0.4, 0.5) is 4.39 Å². The van der Waals surface area contributed by atoms with E-state index in [1.165, 1.54) is 12.1 Å². The van der Waals surface area contributed by atoms with Gasteiger partial charge in [-0.15, -0.1) is 0 Å². The number of nitrogens with one attached hydrogen (secondary N) is 1. The summed E-state index contributed by atoms with van der Waals surface area (Å²) < 4.78 is 13.8. The molecule has 5 heteroatoms. The van der Waals surface area contributed by atoms with E-state index >= 15 is 0 Å². The van der Waals surface area contributed by atoms with E-state index in [2.05, 4.69) is 21.2 Å². The lowest BCUT2D eigenvalue weighted by Crippen LogP contribution is -2.27. The minimum atomic E-state index is -0.568. The van der Waals surface area contributed by atoms with Gasteiger partial charge in [0.15, 0.2) is 0 Å². The molecule has 1 atom stereocenters. The maximum atomic E-state index is 13.5. The zero-order valence-corrected chi connectivity index (χ0v) is 11.1. The van der Waals surface area contributed by atoms with Crippen molar-refractivity contribution in [1.29, 1.82) is 0 Å². The van der Waals surface area contributed by atoms with Crippen LogP contribution in [-0.4, -0.2) is 23.7 Å². The Hall–Kier alpha value is -0.940. The predicted molar refractivity (Wildman–Crippen MR) is 67.3 cm³/mol. The summed E-state index contributed by atoms with van der Waals surface area (Å²) in [5.74, 6) is -1.03. The van der Waals surface area contributed by atoms with E-state index in [-0.39, 0.29) is 10.0 Å². The zero-order valence-electron chi connectivity index (χ0n) is 9.54. The SMILES string of the molecule is CCC(O)CCNC(=O)c1cccc(Br)c1F. The summed E-state index contributed by atoms with van der Waals surface area (Å²) in [7, 11) is 0. The van der Waals surface area contributed by atoms with Gasteiger partial charge in [-0.3, -0.25) is 4.79 Å². The highest BCUT2D eigenvalue weighted by atomic mass is 79.9. The quantitative estimate of drug-likeness (QED) is 0.878. The van der Waals surface area contributed by atoms with Gasteiger partial charge in [0.1, 0.15) is 5.82 Å². The van der Waals surface area contributed by atoms with Crippen molar-refractivity contribution in [3.63, 3.8) is 0 Å². The third-order valence-electron chi connectivity index (χ3n) is 2.43. The molecule has 94 valence electrons. The van der Waals surface area contributed by atoms with Crippen molar-refractivity contribution >= 4 is 21.8 Å². The number of aliphatic hydroxyl groups is 1. The molecular formula is C12H15BrFNO2. The van der Waals surface area contributed by atoms with Gasteiger partial charge in [-0.1, -0.05) is 13.0 Å². The number of hydrogen-bond acceptors (Lipinski definition) is 2. The second-order valence-corrected chi connectivity index (χ2v) is 4.56. The molecular weight excluding hydrogens is 289 g/mol. The second-order valence-electron chi connectivity index (χ2n) is 3.71. The summed E-state index contributed by atoms with van der Waals surface area (Å²) in [4.78, 5) is 11.6. The van der Waals surface area contributed by atoms with Crippen molar-refractivity contribution in [1.82, 2.24) is 5.32 Å². The zero-order chi connectivity index (χ0) is 12.8. The highest BCUT2D eigenvalue weighted by Crippen LogP contribution is 2.18. The highest BCUT2D eigenvalue weighted by molar-refractivity contribution is 9.10. The standard InChI is InChI=1S/C12H15BrFNO2/c1-2-8(16)6-7-15-12(17)9-4-3-5-10(13)11(9)14/h3-5,8,16H,2,6-7H2,1H3,(H,15,17). The summed E-state index contributed by atoms with van der Waals surface area (Å²) in [5.41, 5.74) is 0.00497. The Labute approximate surface area is 108 Å². The molecule has 0 saturated carbocycles. The fourth-order valence-corrected chi connectivity index (χ4v) is 1.70. The predicted octanol–water partition coefficient (Wildman–Crippen LogP) is 2.48. The van der Waals surface area contributed by atoms with Gasteiger partial charge < -0.3 is 10.4 Å². The molecule has 0 radical (unpaired) electrons. The molecule has 0 aliphatic rings. The summed E-state index contributed by atoms with van der Waals surface area (Å²) in [6, 6.07) is 4.56. The van der Waals surface area contributed by atoms with Crippen LogP contribution in [0.3, 0.4) is 0 Å². The van der Waals surface area contributed by atoms with Crippen LogP contribution in [0.15, 0.2) is 22.7 Å². The van der Waals surface area contributed by atoms with Gasteiger partial charge >= 0.3 is 0 Å². The summed E-state index contributed by atoms with van der Waals surface area (Å²) in [6.45, 7) is 2.19. The number of carbonyl (C=O) groups is 1. The van der Waals surface area contributed by atoms with Crippen LogP contribution < -0.4 is 5.32 Å². The average Bonchev–Trinajstić information content (AvgIpc) is 2.32. The Morgan fingerprint density at radius 2 is 2.29 bits per heavy atom. The first-order valence-corrected chi connectivity index (χ1v) is 6.25. The minimum Gasteiger partial charge on any atom is -0.393 e. The third-order valence-corrected chi connectivity index (χ3v) is 3.04. The molecule has 1 rings (SSSR count). The molecule has 0 aromatic heterocycles. The number of aliphatic hydroxyl groups excluding tert-OH is 1. The Morgan fingerprint density at radius 3 is 2.94 bits per heavy atom. The van der Waals surface area contributed by atoms with Crippen LogP contribution in [0.5, 0.6) is 0 Å². The summed E-state index contributed by atoms with van der Waals surface area (Å²) >= 11 is 3.02. The second kappa shape index (κ2) is 6.71. The highest BCUT2D eigenvalue weighted by Gasteiger charge is 2.13. The largest absolute Gasteiger partial charge is 0.393 e. The smallest absolute Gasteiger partial charge is 0.254 e. The summed E-state index contributed by atoms with van der Waals surface area (Å²) in [5, 5.41) is 11.9. The number of carbonyl (C=O) groups excluding carboxylic acids is 1. The van der Waals surface area contributed by atoms with E-state index in [0.717, 1.165) is 0 Å². The number of amides is 1. The number of benzene rings is 1. The molecule has 17 heavy (non-hydrogen) atoms. The van der Waals surface area contributed by atoms with Crippen LogP contribution in [0.2, 0.25) is 0 Å². The molecule has 3 nitrogen and oxygen atoms in total. The first kappa shape index (κ1) is 14.1. The molecule has 0 aliphatic heterocycles. The molecule has 2 N–H and O–H groups in total. The van der Waals surface area contributed by atoms with Crippen LogP contribution >= 0.6 is 15.9 Å². The average molecular weight is 304 g/mol. The maximum absolute atomic E-state index is 13.5. The molecule has 1 aromatic carbocycles. The molecule has 0 aliphatic carbocycles. The van der Waals surface area contributed by atoms with E-state index < -0.39 is 17.8 Å². The Bertz CT molecular complexity index is 398. The minimum absolute atomic E-state index is 0.00497. The van der Waals surface area contributed by atoms with Gasteiger partial charge in [-0.05, 0) is 40.9 Å². The van der Waals surface area contributed by atoms with Crippen LogP contribution in [-0.2, 0) is 0 Å². The van der Waals surface area contributed by atoms with Crippen molar-refractivity contribution in [2.45, 2.75) is 25.9 Å². The first-order chi connectivity index (χ1) is 8.06. The number of hydrogen-bond donors (Lipinski definition) is 2. The maximum Gasteiger partial charge on any atom is 0.254 e. The lowest BCUT2D eigenvalue weighted by molar-refractivity contribution is 0.0938. The van der Waals surface area contributed by atoms with E-state index in [9.17, 15) is 14.3 Å². The molecule has 0 spiro atoms. The molecule has 1 unspecified atom stereocenters. The fourth-order valence-electron chi connectivity index (χ4n) is 1.33. The van der Waals surface area contributed by atoms with Gasteiger partial charge in [0.25, 0.3) is 5.91 Å². The number of halogens is 2. The molecule has 1 aromatic rings.